The molecular formula is C49H29N3S. The van der Waals surface area contributed by atoms with Gasteiger partial charge in [-0.3, -0.25) is 0 Å². The standard InChI is InChI=1S/C49H29N3S/c1-2-12-32(13-3-1)47-50-48(52-49(51-47)43-21-10-20-42-39-17-6-7-22-44(39)53-46(42)43)34-15-8-14-33(29-34)36-18-9-19-40-38(36)27-25-31-24-26-37-35-16-5-4-11-30(35)23-28-41(37)45(31)40/h1-29H. The lowest BCUT2D eigenvalue weighted by Gasteiger charge is -2.14. The molecule has 9 aromatic carbocycles. The third-order valence-electron chi connectivity index (χ3n) is 10.5. The molecule has 53 heavy (non-hydrogen) atoms. The van der Waals surface area contributed by atoms with Gasteiger partial charge in [0.05, 0.1) is 0 Å². The first kappa shape index (κ1) is 29.9. The summed E-state index contributed by atoms with van der Waals surface area (Å²) in [6.45, 7) is 0. The molecule has 11 aromatic rings. The van der Waals surface area contributed by atoms with Crippen LogP contribution in [-0.4, -0.2) is 15.0 Å². The summed E-state index contributed by atoms with van der Waals surface area (Å²) < 4.78 is 2.44. The number of rotatable bonds is 4. The normalized spacial score (nSPS) is 11.8. The van der Waals surface area contributed by atoms with Gasteiger partial charge >= 0.3 is 0 Å². The Morgan fingerprint density at radius 3 is 1.79 bits per heavy atom. The van der Waals surface area contributed by atoms with Crippen molar-refractivity contribution in [2.75, 3.05) is 0 Å². The zero-order valence-corrected chi connectivity index (χ0v) is 29.3. The van der Waals surface area contributed by atoms with Gasteiger partial charge in [-0.05, 0) is 72.4 Å². The number of benzene rings is 9. The van der Waals surface area contributed by atoms with Gasteiger partial charge in [-0.2, -0.15) is 0 Å². The number of nitrogens with zero attached hydrogens (tertiary/aromatic N) is 3. The van der Waals surface area contributed by atoms with E-state index in [0.717, 1.165) is 22.3 Å². The van der Waals surface area contributed by atoms with Crippen LogP contribution in [0.25, 0.3) is 109 Å². The van der Waals surface area contributed by atoms with Crippen LogP contribution in [0.4, 0.5) is 0 Å². The summed E-state index contributed by atoms with van der Waals surface area (Å²) in [6, 6.07) is 62.8. The molecule has 0 fully saturated rings. The first-order valence-electron chi connectivity index (χ1n) is 17.9. The Morgan fingerprint density at radius 1 is 0.321 bits per heavy atom. The molecule has 0 amide bonds. The van der Waals surface area contributed by atoms with Crippen molar-refractivity contribution >= 4 is 74.6 Å². The molecule has 0 spiro atoms. The van der Waals surface area contributed by atoms with E-state index in [1.54, 1.807) is 11.3 Å². The van der Waals surface area contributed by atoms with Crippen LogP contribution >= 0.6 is 11.3 Å². The van der Waals surface area contributed by atoms with E-state index in [0.29, 0.717) is 17.5 Å². The van der Waals surface area contributed by atoms with Gasteiger partial charge in [0.2, 0.25) is 0 Å². The fourth-order valence-corrected chi connectivity index (χ4v) is 9.23. The maximum Gasteiger partial charge on any atom is 0.165 e. The second kappa shape index (κ2) is 11.9. The maximum atomic E-state index is 5.20. The second-order valence-corrected chi connectivity index (χ2v) is 14.6. The highest BCUT2D eigenvalue weighted by molar-refractivity contribution is 7.26. The lowest BCUT2D eigenvalue weighted by molar-refractivity contribution is 1.08. The van der Waals surface area contributed by atoms with Crippen LogP contribution in [0.5, 0.6) is 0 Å². The summed E-state index contributed by atoms with van der Waals surface area (Å²) in [7, 11) is 0. The topological polar surface area (TPSA) is 38.7 Å². The van der Waals surface area contributed by atoms with Crippen LogP contribution < -0.4 is 0 Å². The molecule has 0 N–H and O–H groups in total. The Labute approximate surface area is 309 Å². The molecule has 0 aliphatic carbocycles. The molecule has 0 unspecified atom stereocenters. The second-order valence-electron chi connectivity index (χ2n) is 13.5. The molecule has 246 valence electrons. The minimum absolute atomic E-state index is 0.650. The van der Waals surface area contributed by atoms with Crippen LogP contribution in [-0.2, 0) is 0 Å². The van der Waals surface area contributed by atoms with E-state index in [4.69, 9.17) is 15.0 Å². The van der Waals surface area contributed by atoms with Gasteiger partial charge in [-0.1, -0.05) is 158 Å². The van der Waals surface area contributed by atoms with Gasteiger partial charge in [-0.25, -0.2) is 15.0 Å². The molecule has 0 aliphatic rings. The van der Waals surface area contributed by atoms with Crippen molar-refractivity contribution in [3.8, 4) is 45.3 Å². The Hall–Kier alpha value is -6.75. The average molecular weight is 692 g/mol. The summed E-state index contributed by atoms with van der Waals surface area (Å²) >= 11 is 1.79. The molecule has 0 atom stereocenters. The molecule has 0 bridgehead atoms. The Balaban J connectivity index is 1.10. The maximum absolute atomic E-state index is 5.20. The van der Waals surface area contributed by atoms with E-state index in [2.05, 4.69) is 158 Å². The Bertz CT molecular complexity index is 3240. The molecule has 3 nitrogen and oxygen atoms in total. The van der Waals surface area contributed by atoms with E-state index in [9.17, 15) is 0 Å². The Kier molecular flexibility index (Phi) is 6.73. The van der Waals surface area contributed by atoms with Crippen molar-refractivity contribution < 1.29 is 0 Å². The molecule has 2 heterocycles. The monoisotopic (exact) mass is 691 g/mol. The van der Waals surface area contributed by atoms with Gasteiger partial charge in [0.15, 0.2) is 17.5 Å². The van der Waals surface area contributed by atoms with Gasteiger partial charge in [0.1, 0.15) is 0 Å². The lowest BCUT2D eigenvalue weighted by Crippen LogP contribution is -2.00. The van der Waals surface area contributed by atoms with E-state index in [-0.39, 0.29) is 0 Å². The predicted octanol–water partition coefficient (Wildman–Crippen LogP) is 13.5. The zero-order valence-electron chi connectivity index (χ0n) is 28.5. The SMILES string of the molecule is c1ccc(-c2nc(-c3cccc(-c4cccc5c4ccc4ccc6c7ccccc7ccc6c45)c3)nc(-c3cccc4c3sc3ccccc34)n2)cc1. The number of aromatic nitrogens is 3. The lowest BCUT2D eigenvalue weighted by atomic mass is 9.90. The number of fused-ring (bicyclic) bond motifs is 10. The minimum atomic E-state index is 0.650. The first-order chi connectivity index (χ1) is 26.3. The third-order valence-corrected chi connectivity index (χ3v) is 11.7. The number of hydrogen-bond acceptors (Lipinski definition) is 4. The third kappa shape index (κ3) is 4.84. The summed E-state index contributed by atoms with van der Waals surface area (Å²) in [4.78, 5) is 15.4. The van der Waals surface area contributed by atoms with Crippen molar-refractivity contribution in [1.82, 2.24) is 15.0 Å². The molecular weight excluding hydrogens is 663 g/mol. The highest BCUT2D eigenvalue weighted by Gasteiger charge is 2.18. The number of thiophene rings is 1. The largest absolute Gasteiger partial charge is 0.208 e. The van der Waals surface area contributed by atoms with Crippen molar-refractivity contribution in [3.63, 3.8) is 0 Å². The Morgan fingerprint density at radius 2 is 0.906 bits per heavy atom. The van der Waals surface area contributed by atoms with E-state index >= 15 is 0 Å². The van der Waals surface area contributed by atoms with Crippen molar-refractivity contribution in [2.45, 2.75) is 0 Å². The van der Waals surface area contributed by atoms with Crippen LogP contribution in [0, 0.1) is 0 Å². The smallest absolute Gasteiger partial charge is 0.165 e. The van der Waals surface area contributed by atoms with Crippen molar-refractivity contribution in [3.05, 3.63) is 176 Å². The summed E-state index contributed by atoms with van der Waals surface area (Å²) in [5.41, 5.74) is 5.21. The molecule has 11 rings (SSSR count). The summed E-state index contributed by atoms with van der Waals surface area (Å²) in [6.07, 6.45) is 0. The van der Waals surface area contributed by atoms with Crippen molar-refractivity contribution in [1.29, 1.82) is 0 Å². The van der Waals surface area contributed by atoms with E-state index in [1.165, 1.54) is 68.8 Å². The molecule has 0 saturated carbocycles. The highest BCUT2D eigenvalue weighted by atomic mass is 32.1. The minimum Gasteiger partial charge on any atom is -0.208 e. The van der Waals surface area contributed by atoms with Crippen LogP contribution in [0.1, 0.15) is 0 Å². The predicted molar refractivity (Wildman–Crippen MR) is 224 cm³/mol. The fourth-order valence-electron chi connectivity index (χ4n) is 8.02. The molecule has 2 aromatic heterocycles. The highest BCUT2D eigenvalue weighted by Crippen LogP contribution is 2.41. The van der Waals surface area contributed by atoms with Gasteiger partial charge in [-0.15, -0.1) is 11.3 Å². The first-order valence-corrected chi connectivity index (χ1v) is 18.7. The van der Waals surface area contributed by atoms with E-state index < -0.39 is 0 Å². The van der Waals surface area contributed by atoms with Crippen LogP contribution in [0.15, 0.2) is 176 Å². The van der Waals surface area contributed by atoms with E-state index in [1.807, 2.05) is 18.2 Å². The molecule has 0 saturated heterocycles. The van der Waals surface area contributed by atoms with Crippen molar-refractivity contribution in [2.24, 2.45) is 0 Å². The molecule has 0 aliphatic heterocycles. The summed E-state index contributed by atoms with van der Waals surface area (Å²) in [5, 5.41) is 12.6. The molecule has 4 heteroatoms. The van der Waals surface area contributed by atoms with Gasteiger partial charge in [0.25, 0.3) is 0 Å². The quantitative estimate of drug-likeness (QED) is 0.172. The van der Waals surface area contributed by atoms with Gasteiger partial charge < -0.3 is 0 Å². The average Bonchev–Trinajstić information content (AvgIpc) is 3.62. The van der Waals surface area contributed by atoms with Crippen LogP contribution in [0.3, 0.4) is 0 Å². The zero-order chi connectivity index (χ0) is 34.9. The molecule has 0 radical (unpaired) electrons. The summed E-state index contributed by atoms with van der Waals surface area (Å²) in [5.74, 6) is 1.98. The van der Waals surface area contributed by atoms with Gasteiger partial charge in [0, 0.05) is 36.9 Å². The van der Waals surface area contributed by atoms with Crippen LogP contribution in [0.2, 0.25) is 0 Å². The number of hydrogen-bond donors (Lipinski definition) is 0. The fraction of sp³-hybridized carbons (Fsp3) is 0.